The summed E-state index contributed by atoms with van der Waals surface area (Å²) < 4.78 is 41.1. The number of rotatable bonds is 4. The standard InChI is InChI=1S/C14H12BrF3N2O/c1-2-6-20-7-5-19-13(20)12(21)10-4-3-9(15)8-11(10)14(16,17)18/h3-5,7-8H,2,6H2,1H3. The Morgan fingerprint density at radius 1 is 1.38 bits per heavy atom. The molecule has 1 aromatic carbocycles. The predicted octanol–water partition coefficient (Wildman–Crippen LogP) is 4.31. The minimum atomic E-state index is -4.60. The Kier molecular flexibility index (Phi) is 4.51. The van der Waals surface area contributed by atoms with Crippen LogP contribution in [-0.4, -0.2) is 15.3 Å². The molecule has 1 heterocycles. The molecule has 0 aliphatic heterocycles. The molecule has 0 bridgehead atoms. The van der Waals surface area contributed by atoms with Crippen molar-refractivity contribution in [2.24, 2.45) is 0 Å². The second-order valence-electron chi connectivity index (χ2n) is 4.46. The summed E-state index contributed by atoms with van der Waals surface area (Å²) in [6, 6.07) is 3.48. The molecule has 0 saturated carbocycles. The quantitative estimate of drug-likeness (QED) is 0.761. The van der Waals surface area contributed by atoms with E-state index >= 15 is 0 Å². The Bertz CT molecular complexity index is 664. The van der Waals surface area contributed by atoms with Gasteiger partial charge in [0.25, 0.3) is 0 Å². The van der Waals surface area contributed by atoms with Crippen LogP contribution >= 0.6 is 15.9 Å². The lowest BCUT2D eigenvalue weighted by Gasteiger charge is -2.13. The van der Waals surface area contributed by atoms with Gasteiger partial charge in [0, 0.05) is 29.0 Å². The molecule has 1 aromatic heterocycles. The van der Waals surface area contributed by atoms with Gasteiger partial charge in [0.1, 0.15) is 0 Å². The van der Waals surface area contributed by atoms with Gasteiger partial charge in [-0.1, -0.05) is 22.9 Å². The van der Waals surface area contributed by atoms with Crippen LogP contribution in [0.2, 0.25) is 0 Å². The third-order valence-electron chi connectivity index (χ3n) is 2.91. The van der Waals surface area contributed by atoms with Gasteiger partial charge in [-0.2, -0.15) is 13.2 Å². The average molecular weight is 361 g/mol. The van der Waals surface area contributed by atoms with E-state index in [0.29, 0.717) is 6.54 Å². The van der Waals surface area contributed by atoms with Crippen molar-refractivity contribution in [1.29, 1.82) is 0 Å². The zero-order valence-electron chi connectivity index (χ0n) is 11.1. The van der Waals surface area contributed by atoms with E-state index in [1.807, 2.05) is 6.92 Å². The summed E-state index contributed by atoms with van der Waals surface area (Å²) in [6.45, 7) is 2.44. The molecule has 0 N–H and O–H groups in total. The zero-order chi connectivity index (χ0) is 15.6. The van der Waals surface area contributed by atoms with Crippen LogP contribution in [-0.2, 0) is 12.7 Å². The van der Waals surface area contributed by atoms with E-state index in [0.717, 1.165) is 12.5 Å². The molecule has 0 amide bonds. The van der Waals surface area contributed by atoms with E-state index < -0.39 is 23.1 Å². The molecule has 2 aromatic rings. The molecular weight excluding hydrogens is 349 g/mol. The molecule has 3 nitrogen and oxygen atoms in total. The van der Waals surface area contributed by atoms with Gasteiger partial charge in [0.15, 0.2) is 5.82 Å². The molecule has 0 unspecified atom stereocenters. The number of carbonyl (C=O) groups is 1. The van der Waals surface area contributed by atoms with Crippen molar-refractivity contribution in [1.82, 2.24) is 9.55 Å². The Hall–Kier alpha value is -1.63. The van der Waals surface area contributed by atoms with Crippen molar-refractivity contribution < 1.29 is 18.0 Å². The number of nitrogens with zero attached hydrogens (tertiary/aromatic N) is 2. The topological polar surface area (TPSA) is 34.9 Å². The first-order chi connectivity index (χ1) is 9.84. The van der Waals surface area contributed by atoms with Crippen LogP contribution in [0, 0.1) is 0 Å². The minimum Gasteiger partial charge on any atom is -0.328 e. The van der Waals surface area contributed by atoms with Crippen LogP contribution in [0.5, 0.6) is 0 Å². The molecule has 0 fully saturated rings. The molecule has 0 saturated heterocycles. The van der Waals surface area contributed by atoms with Crippen LogP contribution in [0.4, 0.5) is 13.2 Å². The summed E-state index contributed by atoms with van der Waals surface area (Å²) in [6.07, 6.45) is -0.849. The number of carbonyl (C=O) groups excluding carboxylic acids is 1. The van der Waals surface area contributed by atoms with Crippen LogP contribution < -0.4 is 0 Å². The van der Waals surface area contributed by atoms with Gasteiger partial charge in [-0.15, -0.1) is 0 Å². The van der Waals surface area contributed by atoms with E-state index in [1.165, 1.54) is 18.3 Å². The summed E-state index contributed by atoms with van der Waals surface area (Å²) in [4.78, 5) is 16.3. The smallest absolute Gasteiger partial charge is 0.328 e. The van der Waals surface area contributed by atoms with E-state index in [-0.39, 0.29) is 10.3 Å². The van der Waals surface area contributed by atoms with E-state index in [9.17, 15) is 18.0 Å². The summed E-state index contributed by atoms with van der Waals surface area (Å²) in [7, 11) is 0. The number of hydrogen-bond donors (Lipinski definition) is 0. The molecule has 0 atom stereocenters. The maximum Gasteiger partial charge on any atom is 0.417 e. The molecule has 0 spiro atoms. The number of alkyl halides is 3. The van der Waals surface area contributed by atoms with Crippen molar-refractivity contribution in [2.75, 3.05) is 0 Å². The Morgan fingerprint density at radius 2 is 2.10 bits per heavy atom. The highest BCUT2D eigenvalue weighted by atomic mass is 79.9. The fourth-order valence-electron chi connectivity index (χ4n) is 2.01. The fourth-order valence-corrected chi connectivity index (χ4v) is 2.37. The zero-order valence-corrected chi connectivity index (χ0v) is 12.7. The van der Waals surface area contributed by atoms with Crippen LogP contribution in [0.15, 0.2) is 35.1 Å². The SMILES string of the molecule is CCCn1ccnc1C(=O)c1ccc(Br)cc1C(F)(F)F. The van der Waals surface area contributed by atoms with Gasteiger partial charge < -0.3 is 4.57 Å². The van der Waals surface area contributed by atoms with Crippen LogP contribution in [0.25, 0.3) is 0 Å². The summed E-state index contributed by atoms with van der Waals surface area (Å²) in [5, 5.41) is 0. The lowest BCUT2D eigenvalue weighted by atomic mass is 10.0. The molecule has 0 aliphatic carbocycles. The first kappa shape index (κ1) is 15.8. The summed E-state index contributed by atoms with van der Waals surface area (Å²) in [5.41, 5.74) is -1.36. The number of benzene rings is 1. The number of ketones is 1. The van der Waals surface area contributed by atoms with E-state index in [1.54, 1.807) is 10.8 Å². The number of hydrogen-bond acceptors (Lipinski definition) is 2. The molecule has 21 heavy (non-hydrogen) atoms. The van der Waals surface area contributed by atoms with Crippen LogP contribution in [0.3, 0.4) is 0 Å². The molecule has 0 radical (unpaired) electrons. The number of aryl methyl sites for hydroxylation is 1. The molecule has 7 heteroatoms. The highest BCUT2D eigenvalue weighted by Gasteiger charge is 2.36. The van der Waals surface area contributed by atoms with Crippen molar-refractivity contribution in [2.45, 2.75) is 26.1 Å². The van der Waals surface area contributed by atoms with Gasteiger partial charge in [-0.05, 0) is 24.6 Å². The minimum absolute atomic E-state index is 0.0182. The van der Waals surface area contributed by atoms with Gasteiger partial charge in [0.2, 0.25) is 5.78 Å². The van der Waals surface area contributed by atoms with Gasteiger partial charge in [-0.3, -0.25) is 4.79 Å². The number of imidazole rings is 1. The highest BCUT2D eigenvalue weighted by molar-refractivity contribution is 9.10. The molecule has 112 valence electrons. The van der Waals surface area contributed by atoms with Crippen molar-refractivity contribution in [3.63, 3.8) is 0 Å². The van der Waals surface area contributed by atoms with Gasteiger partial charge >= 0.3 is 6.18 Å². The van der Waals surface area contributed by atoms with Crippen molar-refractivity contribution in [3.05, 3.63) is 52.0 Å². The Morgan fingerprint density at radius 3 is 2.71 bits per heavy atom. The largest absolute Gasteiger partial charge is 0.417 e. The summed E-state index contributed by atoms with van der Waals surface area (Å²) >= 11 is 2.99. The first-order valence-electron chi connectivity index (χ1n) is 6.27. The normalized spacial score (nSPS) is 11.7. The maximum absolute atomic E-state index is 13.1. The predicted molar refractivity (Wildman–Crippen MR) is 75.1 cm³/mol. The Labute approximate surface area is 127 Å². The van der Waals surface area contributed by atoms with Crippen molar-refractivity contribution in [3.8, 4) is 0 Å². The number of halogens is 4. The summed E-state index contributed by atoms with van der Waals surface area (Å²) in [5.74, 6) is -0.710. The van der Waals surface area contributed by atoms with E-state index in [2.05, 4.69) is 20.9 Å². The Balaban J connectivity index is 2.51. The second-order valence-corrected chi connectivity index (χ2v) is 5.38. The third kappa shape index (κ3) is 3.34. The van der Waals surface area contributed by atoms with Crippen molar-refractivity contribution >= 4 is 21.7 Å². The second kappa shape index (κ2) is 6.01. The molecule has 0 aliphatic rings. The van der Waals surface area contributed by atoms with Crippen LogP contribution in [0.1, 0.15) is 35.1 Å². The lowest BCUT2D eigenvalue weighted by molar-refractivity contribution is -0.137. The molecular formula is C14H12BrF3N2O. The maximum atomic E-state index is 13.1. The highest BCUT2D eigenvalue weighted by Crippen LogP contribution is 2.34. The third-order valence-corrected chi connectivity index (χ3v) is 3.41. The van der Waals surface area contributed by atoms with E-state index in [4.69, 9.17) is 0 Å². The average Bonchev–Trinajstić information content (AvgIpc) is 2.85. The molecule has 2 rings (SSSR count). The number of aromatic nitrogens is 2. The lowest BCUT2D eigenvalue weighted by Crippen LogP contribution is -2.17. The first-order valence-corrected chi connectivity index (χ1v) is 7.06. The van der Waals surface area contributed by atoms with Gasteiger partial charge in [0.05, 0.1) is 5.56 Å². The monoisotopic (exact) mass is 360 g/mol. The van der Waals surface area contributed by atoms with Gasteiger partial charge in [-0.25, -0.2) is 4.98 Å². The fraction of sp³-hybridized carbons (Fsp3) is 0.286.